The molecule has 1 aliphatic rings. The Hall–Kier alpha value is -2.90. The summed E-state index contributed by atoms with van der Waals surface area (Å²) in [5.74, 6) is 0.351. The number of aromatic nitrogens is 5. The van der Waals surface area contributed by atoms with Gasteiger partial charge in [0.25, 0.3) is 5.56 Å². The fourth-order valence-corrected chi connectivity index (χ4v) is 3.71. The molecule has 142 valence electrons. The molecule has 3 aromatic rings. The lowest BCUT2D eigenvalue weighted by atomic mass is 9.94. The number of nitrogens with one attached hydrogen (secondary N) is 1. The van der Waals surface area contributed by atoms with Crippen molar-refractivity contribution in [3.63, 3.8) is 0 Å². The van der Waals surface area contributed by atoms with Crippen molar-refractivity contribution in [2.75, 3.05) is 13.1 Å². The molecule has 0 saturated carbocycles. The molecule has 0 aromatic carbocycles. The molecule has 1 saturated heterocycles. The van der Waals surface area contributed by atoms with Crippen molar-refractivity contribution < 1.29 is 4.79 Å². The normalized spacial score (nSPS) is 17.6. The molecule has 8 heteroatoms. The van der Waals surface area contributed by atoms with Gasteiger partial charge in [0.2, 0.25) is 5.91 Å². The zero-order valence-corrected chi connectivity index (χ0v) is 15.7. The highest BCUT2D eigenvalue weighted by atomic mass is 16.2. The third kappa shape index (κ3) is 3.39. The van der Waals surface area contributed by atoms with Gasteiger partial charge in [-0.3, -0.25) is 14.7 Å². The number of amides is 1. The number of H-pyrrole nitrogens is 1. The average molecular weight is 368 g/mol. The Bertz CT molecular complexity index is 1020. The Morgan fingerprint density at radius 3 is 3.00 bits per heavy atom. The molecule has 0 bridgehead atoms. The van der Waals surface area contributed by atoms with E-state index in [-0.39, 0.29) is 17.4 Å². The number of rotatable bonds is 4. The molecule has 1 N–H and O–H groups in total. The molecule has 1 atom stereocenters. The summed E-state index contributed by atoms with van der Waals surface area (Å²) in [6.45, 7) is 5.74. The predicted molar refractivity (Wildman–Crippen MR) is 101 cm³/mol. The van der Waals surface area contributed by atoms with Crippen LogP contribution in [0.1, 0.15) is 42.1 Å². The van der Waals surface area contributed by atoms with E-state index in [0.29, 0.717) is 30.7 Å². The summed E-state index contributed by atoms with van der Waals surface area (Å²) in [7, 11) is 0. The van der Waals surface area contributed by atoms with Crippen molar-refractivity contribution in [1.82, 2.24) is 29.0 Å². The SMILES string of the molecule is Cc1nc2cc([C@@H]3CCCN(C(=O)CCn4ccnc4)C3)[nH]n2c(=O)c1C. The molecule has 4 heterocycles. The second-order valence-corrected chi connectivity index (χ2v) is 7.26. The summed E-state index contributed by atoms with van der Waals surface area (Å²) >= 11 is 0. The number of carbonyl (C=O) groups excluding carboxylic acids is 1. The maximum atomic E-state index is 12.6. The third-order valence-corrected chi connectivity index (χ3v) is 5.46. The van der Waals surface area contributed by atoms with Crippen molar-refractivity contribution >= 4 is 11.6 Å². The van der Waals surface area contributed by atoms with Crippen LogP contribution in [-0.2, 0) is 11.3 Å². The zero-order chi connectivity index (χ0) is 19.0. The van der Waals surface area contributed by atoms with Crippen LogP contribution >= 0.6 is 0 Å². The number of aryl methyl sites for hydroxylation is 2. The highest BCUT2D eigenvalue weighted by molar-refractivity contribution is 5.76. The van der Waals surface area contributed by atoms with Crippen molar-refractivity contribution in [3.05, 3.63) is 52.1 Å². The summed E-state index contributed by atoms with van der Waals surface area (Å²) in [6, 6.07) is 1.94. The quantitative estimate of drug-likeness (QED) is 0.758. The Kier molecular flexibility index (Phi) is 4.55. The Labute approximate surface area is 156 Å². The van der Waals surface area contributed by atoms with Gasteiger partial charge in [0.05, 0.1) is 6.33 Å². The van der Waals surface area contributed by atoms with Crippen LogP contribution in [0.5, 0.6) is 0 Å². The van der Waals surface area contributed by atoms with Crippen molar-refractivity contribution in [1.29, 1.82) is 0 Å². The minimum Gasteiger partial charge on any atom is -0.342 e. The highest BCUT2D eigenvalue weighted by Crippen LogP contribution is 2.26. The van der Waals surface area contributed by atoms with Crippen molar-refractivity contribution in [3.8, 4) is 0 Å². The first-order valence-electron chi connectivity index (χ1n) is 9.35. The first-order valence-corrected chi connectivity index (χ1v) is 9.35. The van der Waals surface area contributed by atoms with E-state index >= 15 is 0 Å². The summed E-state index contributed by atoms with van der Waals surface area (Å²) in [6.07, 6.45) is 7.73. The van der Waals surface area contributed by atoms with Crippen LogP contribution in [0.4, 0.5) is 0 Å². The van der Waals surface area contributed by atoms with Crippen molar-refractivity contribution in [2.45, 2.75) is 45.6 Å². The molecule has 0 radical (unpaired) electrons. The zero-order valence-electron chi connectivity index (χ0n) is 15.7. The van der Waals surface area contributed by atoms with Gasteiger partial charge in [-0.25, -0.2) is 14.5 Å². The number of fused-ring (bicyclic) bond motifs is 1. The molecule has 0 unspecified atom stereocenters. The smallest absolute Gasteiger partial charge is 0.275 e. The standard InChI is InChI=1S/C19H24N6O2/c1-13-14(2)21-17-10-16(22-25(17)19(13)27)15-4-3-7-24(11-15)18(26)5-8-23-9-6-20-12-23/h6,9-10,12,15,22H,3-5,7-8,11H2,1-2H3/t15-/m1/s1. The first kappa shape index (κ1) is 17.5. The van der Waals surface area contributed by atoms with Crippen LogP contribution in [0.3, 0.4) is 0 Å². The van der Waals surface area contributed by atoms with Crippen LogP contribution in [0.2, 0.25) is 0 Å². The lowest BCUT2D eigenvalue weighted by Crippen LogP contribution is -2.39. The van der Waals surface area contributed by atoms with E-state index in [2.05, 4.69) is 15.1 Å². The molecule has 0 spiro atoms. The molecule has 27 heavy (non-hydrogen) atoms. The van der Waals surface area contributed by atoms with Crippen molar-refractivity contribution in [2.24, 2.45) is 0 Å². The van der Waals surface area contributed by atoms with Gasteiger partial charge in [0.1, 0.15) is 0 Å². The fourth-order valence-electron chi connectivity index (χ4n) is 3.71. The van der Waals surface area contributed by atoms with E-state index in [4.69, 9.17) is 0 Å². The van der Waals surface area contributed by atoms with Gasteiger partial charge in [0, 0.05) is 67.4 Å². The third-order valence-electron chi connectivity index (χ3n) is 5.46. The average Bonchev–Trinajstić information content (AvgIpc) is 3.34. The van der Waals surface area contributed by atoms with Crippen LogP contribution in [0.25, 0.3) is 5.65 Å². The minimum absolute atomic E-state index is 0.0622. The number of nitrogens with zero attached hydrogens (tertiary/aromatic N) is 5. The molecule has 1 fully saturated rings. The molecule has 3 aromatic heterocycles. The van der Waals surface area contributed by atoms with Gasteiger partial charge < -0.3 is 9.47 Å². The molecular weight excluding hydrogens is 344 g/mol. The van der Waals surface area contributed by atoms with Gasteiger partial charge >= 0.3 is 0 Å². The number of piperidine rings is 1. The van der Waals surface area contributed by atoms with E-state index in [9.17, 15) is 9.59 Å². The van der Waals surface area contributed by atoms with Crippen LogP contribution in [-0.4, -0.2) is 48.0 Å². The molecular formula is C19H24N6O2. The monoisotopic (exact) mass is 368 g/mol. The van der Waals surface area contributed by atoms with E-state index in [1.54, 1.807) is 19.4 Å². The van der Waals surface area contributed by atoms with Crippen LogP contribution < -0.4 is 5.56 Å². The summed E-state index contributed by atoms with van der Waals surface area (Å²) in [5.41, 5.74) is 2.96. The number of hydrogen-bond acceptors (Lipinski definition) is 4. The van der Waals surface area contributed by atoms with E-state index in [0.717, 1.165) is 30.8 Å². The second kappa shape index (κ2) is 7.02. The van der Waals surface area contributed by atoms with Gasteiger partial charge in [0.15, 0.2) is 5.65 Å². The van der Waals surface area contributed by atoms with E-state index in [1.807, 2.05) is 28.7 Å². The minimum atomic E-state index is -0.0622. The number of carbonyl (C=O) groups is 1. The molecule has 1 amide bonds. The molecule has 1 aliphatic heterocycles. The largest absolute Gasteiger partial charge is 0.342 e. The molecule has 8 nitrogen and oxygen atoms in total. The van der Waals surface area contributed by atoms with E-state index in [1.165, 1.54) is 4.52 Å². The van der Waals surface area contributed by atoms with Gasteiger partial charge in [-0.1, -0.05) is 0 Å². The summed E-state index contributed by atoms with van der Waals surface area (Å²) < 4.78 is 3.43. The second-order valence-electron chi connectivity index (χ2n) is 7.26. The fraction of sp³-hybridized carbons (Fsp3) is 0.474. The van der Waals surface area contributed by atoms with Gasteiger partial charge in [-0.15, -0.1) is 0 Å². The predicted octanol–water partition coefficient (Wildman–Crippen LogP) is 1.63. The summed E-state index contributed by atoms with van der Waals surface area (Å²) in [4.78, 5) is 35.5. The molecule has 4 rings (SSSR count). The maximum Gasteiger partial charge on any atom is 0.275 e. The maximum absolute atomic E-state index is 12.6. The van der Waals surface area contributed by atoms with Crippen LogP contribution in [0, 0.1) is 13.8 Å². The summed E-state index contributed by atoms with van der Waals surface area (Å²) in [5, 5.41) is 3.21. The number of likely N-dealkylation sites (tertiary alicyclic amines) is 1. The van der Waals surface area contributed by atoms with Gasteiger partial charge in [-0.2, -0.15) is 0 Å². The topological polar surface area (TPSA) is 88.3 Å². The van der Waals surface area contributed by atoms with E-state index < -0.39 is 0 Å². The lowest BCUT2D eigenvalue weighted by Gasteiger charge is -2.32. The highest BCUT2D eigenvalue weighted by Gasteiger charge is 2.26. The number of hydrogen-bond donors (Lipinski definition) is 1. The number of aromatic amines is 1. The Morgan fingerprint density at radius 2 is 2.22 bits per heavy atom. The Balaban J connectivity index is 1.49. The lowest BCUT2D eigenvalue weighted by molar-refractivity contribution is -0.132. The van der Waals surface area contributed by atoms with Crippen LogP contribution in [0.15, 0.2) is 29.6 Å². The number of imidazole rings is 1. The first-order chi connectivity index (χ1) is 13.0. The Morgan fingerprint density at radius 1 is 1.37 bits per heavy atom. The van der Waals surface area contributed by atoms with Gasteiger partial charge in [-0.05, 0) is 26.7 Å². The molecule has 0 aliphatic carbocycles.